The second kappa shape index (κ2) is 8.02. The van der Waals surface area contributed by atoms with Crippen LogP contribution < -0.4 is 5.32 Å². The van der Waals surface area contributed by atoms with Crippen LogP contribution in [0.5, 0.6) is 0 Å². The molecule has 0 aliphatic carbocycles. The van der Waals surface area contributed by atoms with Crippen molar-refractivity contribution in [2.24, 2.45) is 0 Å². The monoisotopic (exact) mass is 270 g/mol. The van der Waals surface area contributed by atoms with Crippen molar-refractivity contribution >= 4 is 22.4 Å². The zero-order valence-electron chi connectivity index (χ0n) is 11.4. The van der Waals surface area contributed by atoms with Gasteiger partial charge in [-0.2, -0.15) is 0 Å². The minimum Gasteiger partial charge on any atom is -0.363 e. The molecule has 1 N–H and O–H groups in total. The van der Waals surface area contributed by atoms with Gasteiger partial charge in [0.25, 0.3) is 5.91 Å². The van der Waals surface area contributed by atoms with Crippen LogP contribution in [-0.2, 0) is 0 Å². The number of carbonyl (C=O) groups excluding carboxylic acids is 1. The van der Waals surface area contributed by atoms with Gasteiger partial charge < -0.3 is 10.2 Å². The van der Waals surface area contributed by atoms with E-state index in [1.807, 2.05) is 4.90 Å². The summed E-state index contributed by atoms with van der Waals surface area (Å²) in [5.41, 5.74) is 0. The molecule has 0 atom stereocenters. The number of unbranched alkanes of at least 4 members (excludes halogenated alkanes) is 2. The molecular formula is C12H22N4OS. The third-order valence-corrected chi connectivity index (χ3v) is 3.60. The molecule has 102 valence electrons. The van der Waals surface area contributed by atoms with Crippen molar-refractivity contribution in [3.8, 4) is 0 Å². The topological polar surface area (TPSA) is 58.1 Å². The fourth-order valence-corrected chi connectivity index (χ4v) is 2.22. The van der Waals surface area contributed by atoms with Crippen LogP contribution in [0.2, 0.25) is 0 Å². The molecule has 1 amide bonds. The molecule has 0 unspecified atom stereocenters. The summed E-state index contributed by atoms with van der Waals surface area (Å²) < 4.78 is 0. The van der Waals surface area contributed by atoms with Crippen LogP contribution in [0.15, 0.2) is 0 Å². The number of aromatic nitrogens is 2. The van der Waals surface area contributed by atoms with E-state index in [1.54, 1.807) is 7.05 Å². The van der Waals surface area contributed by atoms with Crippen molar-refractivity contribution in [1.29, 1.82) is 0 Å². The van der Waals surface area contributed by atoms with Crippen LogP contribution in [0.1, 0.15) is 49.3 Å². The maximum atomic E-state index is 12.3. The number of amides is 1. The predicted molar refractivity (Wildman–Crippen MR) is 75.2 cm³/mol. The van der Waals surface area contributed by atoms with E-state index < -0.39 is 0 Å². The molecule has 6 heteroatoms. The van der Waals surface area contributed by atoms with Crippen LogP contribution in [0.25, 0.3) is 0 Å². The zero-order valence-corrected chi connectivity index (χ0v) is 12.2. The molecule has 1 aromatic heterocycles. The van der Waals surface area contributed by atoms with Gasteiger partial charge in [0.1, 0.15) is 0 Å². The summed E-state index contributed by atoms with van der Waals surface area (Å²) in [6, 6.07) is 0. The summed E-state index contributed by atoms with van der Waals surface area (Å²) in [6.45, 7) is 5.88. The van der Waals surface area contributed by atoms with Gasteiger partial charge in [0.2, 0.25) is 10.1 Å². The molecular weight excluding hydrogens is 248 g/mol. The van der Waals surface area contributed by atoms with Crippen LogP contribution in [-0.4, -0.2) is 41.1 Å². The molecule has 1 rings (SSSR count). The van der Waals surface area contributed by atoms with E-state index in [2.05, 4.69) is 29.4 Å². The molecule has 18 heavy (non-hydrogen) atoms. The van der Waals surface area contributed by atoms with Crippen molar-refractivity contribution in [2.45, 2.75) is 39.5 Å². The molecule has 0 fully saturated rings. The van der Waals surface area contributed by atoms with Gasteiger partial charge in [-0.1, -0.05) is 38.0 Å². The first-order chi connectivity index (χ1) is 8.72. The minimum absolute atomic E-state index is 0.0101. The lowest BCUT2D eigenvalue weighted by atomic mass is 10.2. The van der Waals surface area contributed by atoms with Crippen molar-refractivity contribution in [1.82, 2.24) is 15.1 Å². The fourth-order valence-electron chi connectivity index (χ4n) is 1.56. The molecule has 1 heterocycles. The van der Waals surface area contributed by atoms with E-state index in [9.17, 15) is 4.79 Å². The Labute approximate surface area is 113 Å². The maximum absolute atomic E-state index is 12.3. The normalized spacial score (nSPS) is 10.4. The van der Waals surface area contributed by atoms with Gasteiger partial charge >= 0.3 is 0 Å². The molecule has 0 aromatic carbocycles. The van der Waals surface area contributed by atoms with Gasteiger partial charge in [0.15, 0.2) is 0 Å². The zero-order chi connectivity index (χ0) is 13.4. The molecule has 0 radical (unpaired) electrons. The van der Waals surface area contributed by atoms with E-state index in [-0.39, 0.29) is 5.91 Å². The Kier molecular flexibility index (Phi) is 6.64. The van der Waals surface area contributed by atoms with Gasteiger partial charge in [-0.05, 0) is 12.8 Å². The Morgan fingerprint density at radius 1 is 1.22 bits per heavy atom. The highest BCUT2D eigenvalue weighted by atomic mass is 32.1. The molecule has 0 bridgehead atoms. The number of carbonyl (C=O) groups is 1. The number of hydrogen-bond donors (Lipinski definition) is 1. The highest BCUT2D eigenvalue weighted by molar-refractivity contribution is 7.17. The quantitative estimate of drug-likeness (QED) is 0.789. The van der Waals surface area contributed by atoms with Crippen molar-refractivity contribution in [3.63, 3.8) is 0 Å². The van der Waals surface area contributed by atoms with E-state index in [4.69, 9.17) is 0 Å². The number of nitrogens with zero attached hydrogens (tertiary/aromatic N) is 3. The summed E-state index contributed by atoms with van der Waals surface area (Å²) in [5, 5.41) is 11.9. The second-order valence-corrected chi connectivity index (χ2v) is 5.14. The van der Waals surface area contributed by atoms with Gasteiger partial charge in [0.05, 0.1) is 0 Å². The van der Waals surface area contributed by atoms with Crippen LogP contribution in [0.3, 0.4) is 0 Å². The average molecular weight is 270 g/mol. The number of hydrogen-bond acceptors (Lipinski definition) is 5. The number of nitrogens with one attached hydrogen (secondary N) is 1. The second-order valence-electron chi connectivity index (χ2n) is 4.16. The first-order valence-corrected chi connectivity index (χ1v) is 7.35. The third kappa shape index (κ3) is 4.25. The Bertz CT molecular complexity index is 359. The first kappa shape index (κ1) is 14.9. The molecule has 0 aliphatic heterocycles. The van der Waals surface area contributed by atoms with Crippen molar-refractivity contribution in [2.75, 3.05) is 25.5 Å². The van der Waals surface area contributed by atoms with Crippen LogP contribution >= 0.6 is 11.3 Å². The Morgan fingerprint density at radius 2 is 1.83 bits per heavy atom. The lowest BCUT2D eigenvalue weighted by Gasteiger charge is -2.20. The summed E-state index contributed by atoms with van der Waals surface area (Å²) in [7, 11) is 1.78. The Balaban J connectivity index is 2.67. The fraction of sp³-hybridized carbons (Fsp3) is 0.750. The van der Waals surface area contributed by atoms with Gasteiger partial charge in [-0.25, -0.2) is 0 Å². The van der Waals surface area contributed by atoms with Gasteiger partial charge in [-0.15, -0.1) is 10.2 Å². The molecule has 1 aromatic rings. The SMILES string of the molecule is CCCCN(CCCC)C(=O)c1nnc(NC)s1. The van der Waals surface area contributed by atoms with Crippen LogP contribution in [0.4, 0.5) is 5.13 Å². The lowest BCUT2D eigenvalue weighted by molar-refractivity contribution is 0.0750. The molecule has 0 aliphatic rings. The highest BCUT2D eigenvalue weighted by Crippen LogP contribution is 2.16. The highest BCUT2D eigenvalue weighted by Gasteiger charge is 2.19. The molecule has 0 saturated heterocycles. The van der Waals surface area contributed by atoms with E-state index in [1.165, 1.54) is 11.3 Å². The van der Waals surface area contributed by atoms with E-state index in [0.29, 0.717) is 10.1 Å². The van der Waals surface area contributed by atoms with Gasteiger partial charge in [0, 0.05) is 20.1 Å². The molecule has 5 nitrogen and oxygen atoms in total. The molecule has 0 spiro atoms. The van der Waals surface area contributed by atoms with Gasteiger partial charge in [-0.3, -0.25) is 4.79 Å². The van der Waals surface area contributed by atoms with E-state index >= 15 is 0 Å². The maximum Gasteiger partial charge on any atom is 0.284 e. The Hall–Kier alpha value is -1.17. The summed E-state index contributed by atoms with van der Waals surface area (Å²) in [4.78, 5) is 14.2. The summed E-state index contributed by atoms with van der Waals surface area (Å²) in [5.74, 6) is 0.0101. The molecule has 0 saturated carbocycles. The Morgan fingerprint density at radius 3 is 2.28 bits per heavy atom. The smallest absolute Gasteiger partial charge is 0.284 e. The number of rotatable bonds is 8. The first-order valence-electron chi connectivity index (χ1n) is 6.53. The number of anilines is 1. The summed E-state index contributed by atoms with van der Waals surface area (Å²) >= 11 is 1.31. The van der Waals surface area contributed by atoms with Crippen LogP contribution in [0, 0.1) is 0 Å². The standard InChI is InChI=1S/C12H22N4OS/c1-4-6-8-16(9-7-5-2)11(17)10-14-15-12(13-3)18-10/h4-9H2,1-3H3,(H,13,15). The van der Waals surface area contributed by atoms with Crippen molar-refractivity contribution in [3.05, 3.63) is 5.01 Å². The van der Waals surface area contributed by atoms with E-state index in [0.717, 1.165) is 38.8 Å². The van der Waals surface area contributed by atoms with Crippen molar-refractivity contribution < 1.29 is 4.79 Å². The predicted octanol–water partition coefficient (Wildman–Crippen LogP) is 2.62. The lowest BCUT2D eigenvalue weighted by Crippen LogP contribution is -2.32. The average Bonchev–Trinajstić information content (AvgIpc) is 2.87. The third-order valence-electron chi connectivity index (χ3n) is 2.67. The minimum atomic E-state index is 0.0101. The largest absolute Gasteiger partial charge is 0.363 e. The summed E-state index contributed by atoms with van der Waals surface area (Å²) in [6.07, 6.45) is 4.25.